The second kappa shape index (κ2) is 7.09. The SMILES string of the molecule is CN(C)C=Nc1ccc(OCc2cccc(F)c2)c(Cl)c1. The van der Waals surface area contributed by atoms with Crippen molar-refractivity contribution in [3.05, 3.63) is 58.9 Å². The lowest BCUT2D eigenvalue weighted by atomic mass is 10.2. The van der Waals surface area contributed by atoms with Crippen molar-refractivity contribution in [2.45, 2.75) is 6.61 Å². The van der Waals surface area contributed by atoms with Gasteiger partial charge in [0.15, 0.2) is 0 Å². The highest BCUT2D eigenvalue weighted by molar-refractivity contribution is 6.32. The molecule has 0 spiro atoms. The Hall–Kier alpha value is -2.07. The lowest BCUT2D eigenvalue weighted by molar-refractivity contribution is 0.306. The van der Waals surface area contributed by atoms with Crippen molar-refractivity contribution >= 4 is 23.6 Å². The quantitative estimate of drug-likeness (QED) is 0.608. The van der Waals surface area contributed by atoms with E-state index in [1.54, 1.807) is 30.6 Å². The molecule has 0 unspecified atom stereocenters. The van der Waals surface area contributed by atoms with Crippen LogP contribution in [0, 0.1) is 5.82 Å². The first-order valence-electron chi connectivity index (χ1n) is 6.42. The number of rotatable bonds is 5. The fraction of sp³-hybridized carbons (Fsp3) is 0.188. The fourth-order valence-electron chi connectivity index (χ4n) is 1.66. The standard InChI is InChI=1S/C16H16ClFN2O/c1-20(2)11-19-14-6-7-16(15(17)9-14)21-10-12-4-3-5-13(18)8-12/h3-9,11H,10H2,1-2H3. The van der Waals surface area contributed by atoms with Gasteiger partial charge >= 0.3 is 0 Å². The minimum Gasteiger partial charge on any atom is -0.487 e. The van der Waals surface area contributed by atoms with Crippen LogP contribution in [0.3, 0.4) is 0 Å². The Morgan fingerprint density at radius 1 is 1.24 bits per heavy atom. The first-order valence-corrected chi connectivity index (χ1v) is 6.80. The monoisotopic (exact) mass is 306 g/mol. The molecule has 0 amide bonds. The average molecular weight is 307 g/mol. The van der Waals surface area contributed by atoms with Crippen LogP contribution in [-0.2, 0) is 6.61 Å². The molecule has 0 heterocycles. The Morgan fingerprint density at radius 2 is 2.05 bits per heavy atom. The van der Waals surface area contributed by atoms with Crippen LogP contribution in [0.1, 0.15) is 5.56 Å². The molecule has 3 nitrogen and oxygen atoms in total. The Morgan fingerprint density at radius 3 is 2.71 bits per heavy atom. The smallest absolute Gasteiger partial charge is 0.138 e. The van der Waals surface area contributed by atoms with Gasteiger partial charge in [0.05, 0.1) is 17.0 Å². The molecule has 110 valence electrons. The summed E-state index contributed by atoms with van der Waals surface area (Å²) in [5, 5.41) is 0.472. The van der Waals surface area contributed by atoms with Gasteiger partial charge in [0.2, 0.25) is 0 Å². The molecular weight excluding hydrogens is 291 g/mol. The molecule has 2 aromatic carbocycles. The number of ether oxygens (including phenoxy) is 1. The van der Waals surface area contributed by atoms with Crippen LogP contribution in [0.4, 0.5) is 10.1 Å². The fourth-order valence-corrected chi connectivity index (χ4v) is 1.89. The van der Waals surface area contributed by atoms with E-state index in [1.807, 2.05) is 25.1 Å². The van der Waals surface area contributed by atoms with E-state index < -0.39 is 0 Å². The Kier molecular flexibility index (Phi) is 5.17. The second-order valence-corrected chi connectivity index (χ2v) is 5.15. The van der Waals surface area contributed by atoms with E-state index in [2.05, 4.69) is 4.99 Å². The summed E-state index contributed by atoms with van der Waals surface area (Å²) >= 11 is 6.16. The highest BCUT2D eigenvalue weighted by Crippen LogP contribution is 2.29. The zero-order valence-corrected chi connectivity index (χ0v) is 12.6. The van der Waals surface area contributed by atoms with Crippen LogP contribution in [-0.4, -0.2) is 25.3 Å². The van der Waals surface area contributed by atoms with Crippen molar-refractivity contribution < 1.29 is 9.13 Å². The summed E-state index contributed by atoms with van der Waals surface area (Å²) in [6.07, 6.45) is 1.69. The number of hydrogen-bond donors (Lipinski definition) is 0. The molecule has 2 rings (SSSR count). The number of nitrogens with zero attached hydrogens (tertiary/aromatic N) is 2. The Labute approximate surface area is 128 Å². The molecule has 0 aliphatic rings. The maximum absolute atomic E-state index is 13.1. The summed E-state index contributed by atoms with van der Waals surface area (Å²) in [6.45, 7) is 0.262. The summed E-state index contributed by atoms with van der Waals surface area (Å²) in [7, 11) is 3.78. The van der Waals surface area contributed by atoms with Crippen molar-refractivity contribution in [1.82, 2.24) is 4.90 Å². The van der Waals surface area contributed by atoms with Gasteiger partial charge in [0.25, 0.3) is 0 Å². The van der Waals surface area contributed by atoms with Crippen molar-refractivity contribution in [1.29, 1.82) is 0 Å². The zero-order valence-electron chi connectivity index (χ0n) is 11.9. The van der Waals surface area contributed by atoms with Crippen LogP contribution in [0.25, 0.3) is 0 Å². The van der Waals surface area contributed by atoms with Gasteiger partial charge < -0.3 is 9.64 Å². The minimum atomic E-state index is -0.282. The minimum absolute atomic E-state index is 0.262. The highest BCUT2D eigenvalue weighted by atomic mass is 35.5. The molecule has 0 aliphatic heterocycles. The van der Waals surface area contributed by atoms with Gasteiger partial charge in [0, 0.05) is 14.1 Å². The normalized spacial score (nSPS) is 10.9. The van der Waals surface area contributed by atoms with E-state index in [0.29, 0.717) is 10.8 Å². The largest absolute Gasteiger partial charge is 0.487 e. The number of aliphatic imine (C=N–C) groups is 1. The third-order valence-corrected chi connectivity index (χ3v) is 2.93. The Balaban J connectivity index is 2.04. The van der Waals surface area contributed by atoms with Crippen molar-refractivity contribution in [3.8, 4) is 5.75 Å². The van der Waals surface area contributed by atoms with Crippen LogP contribution >= 0.6 is 11.6 Å². The van der Waals surface area contributed by atoms with Crippen molar-refractivity contribution in [3.63, 3.8) is 0 Å². The molecule has 0 saturated heterocycles. The molecule has 0 atom stereocenters. The van der Waals surface area contributed by atoms with Gasteiger partial charge in [-0.3, -0.25) is 0 Å². The molecule has 0 saturated carbocycles. The van der Waals surface area contributed by atoms with E-state index in [9.17, 15) is 4.39 Å². The van der Waals surface area contributed by atoms with Gasteiger partial charge in [0.1, 0.15) is 18.2 Å². The van der Waals surface area contributed by atoms with Gasteiger partial charge in [-0.05, 0) is 35.9 Å². The third-order valence-electron chi connectivity index (χ3n) is 2.64. The van der Waals surface area contributed by atoms with Crippen molar-refractivity contribution in [2.75, 3.05) is 14.1 Å². The van der Waals surface area contributed by atoms with E-state index >= 15 is 0 Å². The lowest BCUT2D eigenvalue weighted by Crippen LogP contribution is -2.06. The van der Waals surface area contributed by atoms with E-state index in [0.717, 1.165) is 11.3 Å². The van der Waals surface area contributed by atoms with E-state index in [-0.39, 0.29) is 12.4 Å². The molecule has 0 aromatic heterocycles. The topological polar surface area (TPSA) is 24.8 Å². The molecule has 5 heteroatoms. The van der Waals surface area contributed by atoms with Gasteiger partial charge in [-0.1, -0.05) is 23.7 Å². The Bertz CT molecular complexity index is 644. The average Bonchev–Trinajstić information content (AvgIpc) is 2.44. The molecule has 0 bridgehead atoms. The predicted molar refractivity (Wildman–Crippen MR) is 84.0 cm³/mol. The molecule has 2 aromatic rings. The van der Waals surface area contributed by atoms with E-state index in [1.165, 1.54) is 12.1 Å². The van der Waals surface area contributed by atoms with E-state index in [4.69, 9.17) is 16.3 Å². The molecule has 21 heavy (non-hydrogen) atoms. The molecule has 0 N–H and O–H groups in total. The number of hydrogen-bond acceptors (Lipinski definition) is 2. The lowest BCUT2D eigenvalue weighted by Gasteiger charge is -2.09. The summed E-state index contributed by atoms with van der Waals surface area (Å²) in [4.78, 5) is 6.08. The van der Waals surface area contributed by atoms with Gasteiger partial charge in [-0.25, -0.2) is 9.38 Å². The number of halogens is 2. The van der Waals surface area contributed by atoms with Crippen LogP contribution < -0.4 is 4.74 Å². The first-order chi connectivity index (χ1) is 10.0. The van der Waals surface area contributed by atoms with Gasteiger partial charge in [-0.2, -0.15) is 0 Å². The summed E-state index contributed by atoms with van der Waals surface area (Å²) in [5.41, 5.74) is 1.49. The van der Waals surface area contributed by atoms with Crippen LogP contribution in [0.2, 0.25) is 5.02 Å². The first kappa shape index (κ1) is 15.3. The summed E-state index contributed by atoms with van der Waals surface area (Å²) < 4.78 is 18.7. The summed E-state index contributed by atoms with van der Waals surface area (Å²) in [5.74, 6) is 0.264. The zero-order chi connectivity index (χ0) is 15.2. The molecule has 0 aliphatic carbocycles. The van der Waals surface area contributed by atoms with Crippen LogP contribution in [0.15, 0.2) is 47.5 Å². The van der Waals surface area contributed by atoms with Gasteiger partial charge in [-0.15, -0.1) is 0 Å². The maximum Gasteiger partial charge on any atom is 0.138 e. The summed E-state index contributed by atoms with van der Waals surface area (Å²) in [6, 6.07) is 11.6. The third kappa shape index (κ3) is 4.76. The molecule has 0 fully saturated rings. The number of benzene rings is 2. The predicted octanol–water partition coefficient (Wildman–Crippen LogP) is 4.28. The highest BCUT2D eigenvalue weighted by Gasteiger charge is 2.04. The molecule has 0 radical (unpaired) electrons. The molecular formula is C16H16ClFN2O. The van der Waals surface area contributed by atoms with Crippen LogP contribution in [0.5, 0.6) is 5.75 Å². The maximum atomic E-state index is 13.1. The van der Waals surface area contributed by atoms with Crippen molar-refractivity contribution in [2.24, 2.45) is 4.99 Å². The second-order valence-electron chi connectivity index (χ2n) is 4.74.